The van der Waals surface area contributed by atoms with Gasteiger partial charge in [-0.1, -0.05) is 66.2 Å². The van der Waals surface area contributed by atoms with Gasteiger partial charge in [-0.05, 0) is 56.4 Å². The van der Waals surface area contributed by atoms with Crippen LogP contribution in [-0.4, -0.2) is 52.0 Å². The third-order valence-corrected chi connectivity index (χ3v) is 7.08. The highest BCUT2D eigenvalue weighted by Gasteiger charge is 2.27. The first kappa shape index (κ1) is 23.7. The van der Waals surface area contributed by atoms with Crippen molar-refractivity contribution < 1.29 is 9.32 Å². The van der Waals surface area contributed by atoms with Gasteiger partial charge in [0.15, 0.2) is 0 Å². The van der Waals surface area contributed by atoms with E-state index in [0.717, 1.165) is 37.1 Å². The summed E-state index contributed by atoms with van der Waals surface area (Å²) in [6, 6.07) is 18.5. The number of benzene rings is 2. The first-order valence-electron chi connectivity index (χ1n) is 12.9. The van der Waals surface area contributed by atoms with E-state index in [1.165, 1.54) is 37.9 Å². The number of rotatable bonds is 8. The van der Waals surface area contributed by atoms with Gasteiger partial charge >= 0.3 is 0 Å². The Bertz CT molecular complexity index is 1080. The number of amides is 1. The molecule has 184 valence electrons. The molecule has 1 amide bonds. The van der Waals surface area contributed by atoms with Gasteiger partial charge in [-0.15, -0.1) is 0 Å². The molecule has 1 aromatic heterocycles. The third kappa shape index (κ3) is 6.55. The second-order valence-electron chi connectivity index (χ2n) is 9.82. The first-order chi connectivity index (χ1) is 17.2. The minimum Gasteiger partial charge on any atom is -0.352 e. The predicted octanol–water partition coefficient (Wildman–Crippen LogP) is 4.25. The highest BCUT2D eigenvalue weighted by Crippen LogP contribution is 2.21. The molecule has 0 bridgehead atoms. The molecule has 0 aliphatic carbocycles. The van der Waals surface area contributed by atoms with E-state index in [1.54, 1.807) is 0 Å². The number of carbonyl (C=O) groups excluding carboxylic acids is 1. The number of aromatic nitrogens is 2. The van der Waals surface area contributed by atoms with Crippen LogP contribution in [0.25, 0.3) is 11.4 Å². The zero-order valence-electron chi connectivity index (χ0n) is 20.4. The van der Waals surface area contributed by atoms with Crippen molar-refractivity contribution in [3.63, 3.8) is 0 Å². The number of nitrogens with zero attached hydrogens (tertiary/aromatic N) is 4. The summed E-state index contributed by atoms with van der Waals surface area (Å²) >= 11 is 0. The molecule has 2 fully saturated rings. The van der Waals surface area contributed by atoms with Crippen LogP contribution in [0.4, 0.5) is 0 Å². The lowest BCUT2D eigenvalue weighted by Gasteiger charge is -2.30. The molecule has 2 aliphatic heterocycles. The average molecular weight is 474 g/mol. The Balaban J connectivity index is 1.08. The highest BCUT2D eigenvalue weighted by molar-refractivity contribution is 5.79. The van der Waals surface area contributed by atoms with Crippen molar-refractivity contribution in [3.8, 4) is 11.4 Å². The zero-order chi connectivity index (χ0) is 23.9. The van der Waals surface area contributed by atoms with E-state index < -0.39 is 0 Å². The Morgan fingerprint density at radius 1 is 0.886 bits per heavy atom. The number of likely N-dealkylation sites (tertiary alicyclic amines) is 2. The Morgan fingerprint density at radius 2 is 1.63 bits per heavy atom. The minimum absolute atomic E-state index is 0.0151. The molecule has 0 radical (unpaired) electrons. The van der Waals surface area contributed by atoms with Crippen molar-refractivity contribution in [1.29, 1.82) is 0 Å². The number of hydrogen-bond acceptors (Lipinski definition) is 6. The summed E-state index contributed by atoms with van der Waals surface area (Å²) in [4.78, 5) is 22.2. The Morgan fingerprint density at radius 3 is 2.43 bits per heavy atom. The van der Waals surface area contributed by atoms with Gasteiger partial charge in [0.05, 0.1) is 12.5 Å². The van der Waals surface area contributed by atoms with Crippen LogP contribution in [0.15, 0.2) is 59.1 Å². The molecule has 3 aromatic rings. The summed E-state index contributed by atoms with van der Waals surface area (Å²) in [7, 11) is 0. The second-order valence-corrected chi connectivity index (χ2v) is 9.82. The standard InChI is InChI=1S/C28H35N5O2/c34-28(29-18-22-11-13-23(14-12-22)19-32-15-5-2-6-16-32)25-10-7-17-33(20-25)21-26-30-27(31-35-26)24-8-3-1-4-9-24/h1,3-4,8-9,11-14,25H,2,5-7,10,15-21H2,(H,29,34). The lowest BCUT2D eigenvalue weighted by molar-refractivity contribution is -0.127. The monoisotopic (exact) mass is 473 g/mol. The van der Waals surface area contributed by atoms with Crippen molar-refractivity contribution in [3.05, 3.63) is 71.6 Å². The van der Waals surface area contributed by atoms with Crippen molar-refractivity contribution in [2.24, 2.45) is 5.92 Å². The lowest BCUT2D eigenvalue weighted by atomic mass is 9.97. The van der Waals surface area contributed by atoms with Crippen LogP contribution in [0.3, 0.4) is 0 Å². The summed E-state index contributed by atoms with van der Waals surface area (Å²) in [5, 5.41) is 7.27. The van der Waals surface area contributed by atoms with Crippen LogP contribution >= 0.6 is 0 Å². The van der Waals surface area contributed by atoms with Gasteiger partial charge in [-0.3, -0.25) is 14.6 Å². The van der Waals surface area contributed by atoms with E-state index in [1.807, 2.05) is 30.3 Å². The molecule has 1 N–H and O–H groups in total. The molecule has 5 rings (SSSR count). The fourth-order valence-corrected chi connectivity index (χ4v) is 5.10. The van der Waals surface area contributed by atoms with Gasteiger partial charge in [-0.25, -0.2) is 0 Å². The normalized spacial score (nSPS) is 19.5. The largest absolute Gasteiger partial charge is 0.352 e. The minimum atomic E-state index is -0.0151. The molecule has 3 heterocycles. The first-order valence-corrected chi connectivity index (χ1v) is 12.9. The average Bonchev–Trinajstić information content (AvgIpc) is 3.38. The van der Waals surface area contributed by atoms with Gasteiger partial charge in [0.1, 0.15) is 0 Å². The Labute approximate surface area is 207 Å². The van der Waals surface area contributed by atoms with Gasteiger partial charge in [0.25, 0.3) is 0 Å². The summed E-state index contributed by atoms with van der Waals surface area (Å²) in [5.41, 5.74) is 3.44. The van der Waals surface area contributed by atoms with Crippen LogP contribution in [0.5, 0.6) is 0 Å². The van der Waals surface area contributed by atoms with Gasteiger partial charge in [0, 0.05) is 25.2 Å². The lowest BCUT2D eigenvalue weighted by Crippen LogP contribution is -2.42. The molecule has 1 unspecified atom stereocenters. The molecule has 35 heavy (non-hydrogen) atoms. The van der Waals surface area contributed by atoms with Crippen molar-refractivity contribution >= 4 is 5.91 Å². The maximum atomic E-state index is 12.9. The summed E-state index contributed by atoms with van der Waals surface area (Å²) in [5.74, 6) is 1.31. The number of hydrogen-bond donors (Lipinski definition) is 1. The third-order valence-electron chi connectivity index (χ3n) is 7.08. The van der Waals surface area contributed by atoms with Crippen LogP contribution < -0.4 is 5.32 Å². The molecule has 0 saturated carbocycles. The highest BCUT2D eigenvalue weighted by atomic mass is 16.5. The Hall–Kier alpha value is -3.03. The fraction of sp³-hybridized carbons (Fsp3) is 0.464. The van der Waals surface area contributed by atoms with Crippen LogP contribution in [0.2, 0.25) is 0 Å². The van der Waals surface area contributed by atoms with E-state index in [-0.39, 0.29) is 11.8 Å². The van der Waals surface area contributed by atoms with Crippen LogP contribution in [0.1, 0.15) is 49.1 Å². The van der Waals surface area contributed by atoms with Crippen LogP contribution in [0, 0.1) is 5.92 Å². The van der Waals surface area contributed by atoms with Gasteiger partial charge in [0.2, 0.25) is 17.6 Å². The molecule has 1 atom stereocenters. The summed E-state index contributed by atoms with van der Waals surface area (Å²) in [6.45, 7) is 6.23. The topological polar surface area (TPSA) is 74.5 Å². The fourth-order valence-electron chi connectivity index (χ4n) is 5.10. The van der Waals surface area contributed by atoms with Crippen molar-refractivity contribution in [2.75, 3.05) is 26.2 Å². The number of carbonyl (C=O) groups is 1. The smallest absolute Gasteiger partial charge is 0.241 e. The maximum Gasteiger partial charge on any atom is 0.241 e. The van der Waals surface area contributed by atoms with Gasteiger partial charge in [-0.2, -0.15) is 4.98 Å². The SMILES string of the molecule is O=C(NCc1ccc(CN2CCCCC2)cc1)C1CCCN(Cc2nc(-c3ccccc3)no2)C1. The van der Waals surface area contributed by atoms with Crippen molar-refractivity contribution in [2.45, 2.75) is 51.7 Å². The molecule has 0 spiro atoms. The second kappa shape index (κ2) is 11.6. The molecule has 7 nitrogen and oxygen atoms in total. The van der Waals surface area contributed by atoms with E-state index in [4.69, 9.17) is 4.52 Å². The van der Waals surface area contributed by atoms with E-state index in [9.17, 15) is 4.79 Å². The van der Waals surface area contributed by atoms with E-state index in [0.29, 0.717) is 31.3 Å². The quantitative estimate of drug-likeness (QED) is 0.527. The molecular formula is C28H35N5O2. The molecular weight excluding hydrogens is 438 g/mol. The molecule has 7 heteroatoms. The number of piperidine rings is 2. The van der Waals surface area contributed by atoms with Crippen LogP contribution in [-0.2, 0) is 24.4 Å². The predicted molar refractivity (Wildman–Crippen MR) is 135 cm³/mol. The molecule has 2 aliphatic rings. The van der Waals surface area contributed by atoms with E-state index in [2.05, 4.69) is 49.5 Å². The van der Waals surface area contributed by atoms with Gasteiger partial charge < -0.3 is 9.84 Å². The number of nitrogens with one attached hydrogen (secondary N) is 1. The zero-order valence-corrected chi connectivity index (χ0v) is 20.4. The Kier molecular flexibility index (Phi) is 7.85. The molecule has 2 aromatic carbocycles. The summed E-state index contributed by atoms with van der Waals surface area (Å²) in [6.07, 6.45) is 5.89. The van der Waals surface area contributed by atoms with E-state index >= 15 is 0 Å². The maximum absolute atomic E-state index is 12.9. The summed E-state index contributed by atoms with van der Waals surface area (Å²) < 4.78 is 5.47. The van der Waals surface area contributed by atoms with Crippen molar-refractivity contribution in [1.82, 2.24) is 25.3 Å². The molecule has 2 saturated heterocycles.